The van der Waals surface area contributed by atoms with E-state index < -0.39 is 0 Å². The number of ether oxygens (including phenoxy) is 1. The molecule has 1 N–H and O–H groups in total. The number of amides is 1. The highest BCUT2D eigenvalue weighted by Crippen LogP contribution is 2.37. The van der Waals surface area contributed by atoms with Gasteiger partial charge in [-0.15, -0.1) is 0 Å². The first kappa shape index (κ1) is 13.6. The summed E-state index contributed by atoms with van der Waals surface area (Å²) in [6.45, 7) is 4.31. The number of aryl methyl sites for hydroxylation is 2. The van der Waals surface area contributed by atoms with Crippen molar-refractivity contribution in [3.05, 3.63) is 52.8 Å². The van der Waals surface area contributed by atoms with E-state index in [2.05, 4.69) is 11.1 Å². The van der Waals surface area contributed by atoms with Gasteiger partial charge in [0.25, 0.3) is 5.91 Å². The van der Waals surface area contributed by atoms with E-state index >= 15 is 0 Å². The van der Waals surface area contributed by atoms with Crippen LogP contribution in [0.1, 0.15) is 22.5 Å². The van der Waals surface area contributed by atoms with Gasteiger partial charge in [0.05, 0.1) is 11.3 Å². The Bertz CT molecular complexity index is 728. The number of rotatable bonds is 3. The van der Waals surface area contributed by atoms with E-state index in [1.807, 2.05) is 44.2 Å². The Kier molecular flexibility index (Phi) is 3.39. The molecule has 0 fully saturated rings. The summed E-state index contributed by atoms with van der Waals surface area (Å²) in [6, 6.07) is 9.87. The molecule has 1 amide bonds. The summed E-state index contributed by atoms with van der Waals surface area (Å²) < 4.78 is 5.15. The van der Waals surface area contributed by atoms with Crippen molar-refractivity contribution in [1.29, 1.82) is 0 Å². The van der Waals surface area contributed by atoms with Gasteiger partial charge in [-0.1, -0.05) is 18.2 Å². The molecule has 2 heterocycles. The van der Waals surface area contributed by atoms with Gasteiger partial charge in [0, 0.05) is 24.1 Å². The minimum Gasteiger partial charge on any atom is -0.364 e. The lowest BCUT2D eigenvalue weighted by atomic mass is 10.1. The first-order valence-electron chi connectivity index (χ1n) is 6.90. The molecular weight excluding hydrogens is 264 g/mol. The summed E-state index contributed by atoms with van der Waals surface area (Å²) in [6.07, 6.45) is 1.93. The van der Waals surface area contributed by atoms with Crippen LogP contribution < -0.4 is 4.90 Å². The zero-order valence-electron chi connectivity index (χ0n) is 12.4. The highest BCUT2D eigenvalue weighted by molar-refractivity contribution is 6.35. The van der Waals surface area contributed by atoms with Crippen molar-refractivity contribution in [3.63, 3.8) is 0 Å². The van der Waals surface area contributed by atoms with Crippen molar-refractivity contribution in [3.8, 4) is 0 Å². The van der Waals surface area contributed by atoms with Gasteiger partial charge < -0.3 is 9.72 Å². The normalized spacial score (nSPS) is 15.9. The molecule has 3 rings (SSSR count). The lowest BCUT2D eigenvalue weighted by Gasteiger charge is -2.15. The van der Waals surface area contributed by atoms with Crippen molar-refractivity contribution in [2.24, 2.45) is 0 Å². The zero-order valence-corrected chi connectivity index (χ0v) is 12.4. The monoisotopic (exact) mass is 282 g/mol. The predicted octanol–water partition coefficient (Wildman–Crippen LogP) is 3.12. The van der Waals surface area contributed by atoms with Gasteiger partial charge in [-0.3, -0.25) is 9.69 Å². The van der Waals surface area contributed by atoms with E-state index in [-0.39, 0.29) is 12.6 Å². The number of aromatic amines is 1. The maximum atomic E-state index is 12.6. The van der Waals surface area contributed by atoms with E-state index in [9.17, 15) is 4.79 Å². The number of hydrogen-bond donors (Lipinski definition) is 1. The minimum absolute atomic E-state index is 0.0234. The van der Waals surface area contributed by atoms with Crippen LogP contribution in [0.4, 0.5) is 5.69 Å². The van der Waals surface area contributed by atoms with E-state index in [0.717, 1.165) is 28.2 Å². The molecule has 2 aromatic rings. The Morgan fingerprint density at radius 3 is 2.71 bits per heavy atom. The Balaban J connectivity index is 2.11. The number of hydrogen-bond acceptors (Lipinski definition) is 2. The molecule has 108 valence electrons. The number of benzene rings is 1. The number of aromatic nitrogens is 1. The molecule has 0 aliphatic carbocycles. The molecule has 0 saturated heterocycles. The molecule has 0 atom stereocenters. The lowest BCUT2D eigenvalue weighted by molar-refractivity contribution is -0.113. The molecule has 1 aromatic carbocycles. The summed E-state index contributed by atoms with van der Waals surface area (Å²) in [4.78, 5) is 17.6. The number of fused-ring (bicyclic) bond motifs is 1. The van der Waals surface area contributed by atoms with Crippen LogP contribution in [-0.2, 0) is 9.53 Å². The molecule has 0 bridgehead atoms. The molecular formula is C17H18N2O2. The molecule has 1 aliphatic heterocycles. The molecule has 0 spiro atoms. The van der Waals surface area contributed by atoms with Gasteiger partial charge in [0.2, 0.25) is 0 Å². The van der Waals surface area contributed by atoms with Crippen LogP contribution in [0.5, 0.6) is 0 Å². The number of para-hydroxylation sites is 1. The number of H-pyrrole nitrogens is 1. The van der Waals surface area contributed by atoms with Crippen LogP contribution >= 0.6 is 0 Å². The number of methoxy groups -OCH3 is 1. The Morgan fingerprint density at radius 2 is 2.05 bits per heavy atom. The first-order valence-corrected chi connectivity index (χ1v) is 6.90. The van der Waals surface area contributed by atoms with E-state index in [1.54, 1.807) is 12.0 Å². The van der Waals surface area contributed by atoms with Crippen molar-refractivity contribution in [1.82, 2.24) is 4.98 Å². The van der Waals surface area contributed by atoms with E-state index in [1.165, 1.54) is 0 Å². The average Bonchev–Trinajstić information content (AvgIpc) is 2.91. The van der Waals surface area contributed by atoms with Gasteiger partial charge in [0.15, 0.2) is 0 Å². The highest BCUT2D eigenvalue weighted by atomic mass is 16.5. The summed E-state index contributed by atoms with van der Waals surface area (Å²) in [5, 5.41) is 0. The minimum atomic E-state index is -0.0234. The molecule has 1 aliphatic rings. The Labute approximate surface area is 124 Å². The van der Waals surface area contributed by atoms with E-state index in [0.29, 0.717) is 5.57 Å². The summed E-state index contributed by atoms with van der Waals surface area (Å²) >= 11 is 0. The van der Waals surface area contributed by atoms with Crippen molar-refractivity contribution in [2.75, 3.05) is 18.7 Å². The first-order chi connectivity index (χ1) is 10.1. The fourth-order valence-corrected chi connectivity index (χ4v) is 2.75. The number of anilines is 1. The summed E-state index contributed by atoms with van der Waals surface area (Å²) in [5.74, 6) is -0.0234. The SMILES string of the molecule is COCN1C(=O)C(=Cc2[nH]c(C)cc2C)c2ccccc21. The average molecular weight is 282 g/mol. The van der Waals surface area contributed by atoms with Gasteiger partial charge in [-0.2, -0.15) is 0 Å². The molecule has 4 nitrogen and oxygen atoms in total. The van der Waals surface area contributed by atoms with Crippen molar-refractivity contribution in [2.45, 2.75) is 13.8 Å². The highest BCUT2D eigenvalue weighted by Gasteiger charge is 2.31. The van der Waals surface area contributed by atoms with Crippen LogP contribution in [0.2, 0.25) is 0 Å². The molecule has 0 radical (unpaired) electrons. The molecule has 0 unspecified atom stereocenters. The molecule has 4 heteroatoms. The van der Waals surface area contributed by atoms with Crippen LogP contribution in [0.25, 0.3) is 11.6 Å². The quantitative estimate of drug-likeness (QED) is 0.879. The second-order valence-corrected chi connectivity index (χ2v) is 5.28. The Morgan fingerprint density at radius 1 is 1.29 bits per heavy atom. The van der Waals surface area contributed by atoms with Crippen molar-refractivity contribution < 1.29 is 9.53 Å². The topological polar surface area (TPSA) is 45.3 Å². The fourth-order valence-electron chi connectivity index (χ4n) is 2.75. The van der Waals surface area contributed by atoms with Gasteiger partial charge >= 0.3 is 0 Å². The third-order valence-electron chi connectivity index (χ3n) is 3.70. The molecule has 1 aromatic heterocycles. The third-order valence-corrected chi connectivity index (χ3v) is 3.70. The van der Waals surface area contributed by atoms with Crippen molar-refractivity contribution >= 4 is 23.2 Å². The van der Waals surface area contributed by atoms with Gasteiger partial charge in [0.1, 0.15) is 6.73 Å². The van der Waals surface area contributed by atoms with E-state index in [4.69, 9.17) is 4.74 Å². The largest absolute Gasteiger partial charge is 0.364 e. The van der Waals surface area contributed by atoms with Crippen LogP contribution in [0, 0.1) is 13.8 Å². The summed E-state index contributed by atoms with van der Waals surface area (Å²) in [5.41, 5.74) is 5.75. The maximum Gasteiger partial charge on any atom is 0.260 e. The van der Waals surface area contributed by atoms with Gasteiger partial charge in [-0.25, -0.2) is 0 Å². The number of carbonyl (C=O) groups excluding carboxylic acids is 1. The fraction of sp³-hybridized carbons (Fsp3) is 0.235. The Hall–Kier alpha value is -2.33. The molecule has 0 saturated carbocycles. The number of nitrogens with zero attached hydrogens (tertiary/aromatic N) is 1. The smallest absolute Gasteiger partial charge is 0.260 e. The predicted molar refractivity (Wildman–Crippen MR) is 83.9 cm³/mol. The zero-order chi connectivity index (χ0) is 15.0. The van der Waals surface area contributed by atoms with Crippen LogP contribution in [-0.4, -0.2) is 24.7 Å². The maximum absolute atomic E-state index is 12.6. The lowest BCUT2D eigenvalue weighted by Crippen LogP contribution is -2.28. The standard InChI is InChI=1S/C17H18N2O2/c1-11-8-12(2)18-15(11)9-14-13-6-4-5-7-16(13)19(10-21-3)17(14)20/h4-9,18H,10H2,1-3H3. The third kappa shape index (κ3) is 2.28. The van der Waals surface area contributed by atoms with Gasteiger partial charge in [-0.05, 0) is 37.6 Å². The van der Waals surface area contributed by atoms with Crippen LogP contribution in [0.3, 0.4) is 0 Å². The second-order valence-electron chi connectivity index (χ2n) is 5.28. The van der Waals surface area contributed by atoms with Crippen LogP contribution in [0.15, 0.2) is 30.3 Å². The second kappa shape index (κ2) is 5.22. The summed E-state index contributed by atoms with van der Waals surface area (Å²) in [7, 11) is 1.59. The molecule has 21 heavy (non-hydrogen) atoms. The number of nitrogens with one attached hydrogen (secondary N) is 1. The number of carbonyl (C=O) groups is 1.